The number of nitrogens with one attached hydrogen (secondary N) is 1. The number of carbonyl (C=O) groups excluding carboxylic acids is 1. The van der Waals surface area contributed by atoms with E-state index in [1.54, 1.807) is 5.32 Å². The summed E-state index contributed by atoms with van der Waals surface area (Å²) < 4.78 is 49.6. The van der Waals surface area contributed by atoms with Crippen molar-refractivity contribution in [3.63, 3.8) is 0 Å². The lowest BCUT2D eigenvalue weighted by molar-refractivity contribution is -0.136. The highest BCUT2D eigenvalue weighted by Gasteiger charge is 2.33. The zero-order valence-electron chi connectivity index (χ0n) is 7.23. The topological polar surface area (TPSA) is 55.1 Å². The summed E-state index contributed by atoms with van der Waals surface area (Å²) in [6.45, 7) is 0. The number of amides is 2. The minimum absolute atomic E-state index is 0.528. The van der Waals surface area contributed by atoms with Crippen LogP contribution in [-0.2, 0) is 6.18 Å². The van der Waals surface area contributed by atoms with Crippen molar-refractivity contribution in [2.45, 2.75) is 6.18 Å². The summed E-state index contributed by atoms with van der Waals surface area (Å²) in [6.07, 6.45) is -4.68. The predicted octanol–water partition coefficient (Wildman–Crippen LogP) is 2.34. The number of carbonyl (C=O) groups is 1. The molecule has 0 saturated carbocycles. The van der Waals surface area contributed by atoms with Gasteiger partial charge in [0, 0.05) is 0 Å². The van der Waals surface area contributed by atoms with Crippen LogP contribution in [0.1, 0.15) is 5.56 Å². The summed E-state index contributed by atoms with van der Waals surface area (Å²) in [5, 5.41) is 1.70. The van der Waals surface area contributed by atoms with E-state index in [1.807, 2.05) is 0 Å². The number of primary amides is 1. The Labute approximate surface area is 81.9 Å². The molecule has 0 aliphatic carbocycles. The van der Waals surface area contributed by atoms with Crippen LogP contribution in [0.2, 0.25) is 0 Å². The second-order valence-electron chi connectivity index (χ2n) is 2.68. The van der Waals surface area contributed by atoms with E-state index in [9.17, 15) is 22.4 Å². The minimum atomic E-state index is -4.68. The molecule has 1 aromatic rings. The molecule has 1 aromatic carbocycles. The molecule has 0 saturated heterocycles. The zero-order chi connectivity index (χ0) is 11.6. The predicted molar refractivity (Wildman–Crippen MR) is 44.6 cm³/mol. The summed E-state index contributed by atoms with van der Waals surface area (Å²) in [7, 11) is 0. The van der Waals surface area contributed by atoms with E-state index < -0.39 is 29.3 Å². The van der Waals surface area contributed by atoms with Crippen molar-refractivity contribution in [1.29, 1.82) is 0 Å². The van der Waals surface area contributed by atoms with Gasteiger partial charge in [0.05, 0.1) is 11.3 Å². The van der Waals surface area contributed by atoms with E-state index >= 15 is 0 Å². The highest BCUT2D eigenvalue weighted by atomic mass is 19.4. The first-order valence-electron chi connectivity index (χ1n) is 3.74. The molecule has 1 rings (SSSR count). The molecule has 0 atom stereocenters. The summed E-state index contributed by atoms with van der Waals surface area (Å²) in [6, 6.07) is 0.537. The maximum atomic E-state index is 12.6. The van der Waals surface area contributed by atoms with Crippen LogP contribution in [0.5, 0.6) is 0 Å². The lowest BCUT2D eigenvalue weighted by atomic mass is 10.1. The van der Waals surface area contributed by atoms with E-state index in [0.717, 1.165) is 0 Å². The van der Waals surface area contributed by atoms with Crippen LogP contribution in [0.15, 0.2) is 18.2 Å². The lowest BCUT2D eigenvalue weighted by Gasteiger charge is -2.12. The molecule has 3 nitrogen and oxygen atoms in total. The Morgan fingerprint density at radius 2 is 1.93 bits per heavy atom. The molecule has 0 unspecified atom stereocenters. The highest BCUT2D eigenvalue weighted by Crippen LogP contribution is 2.34. The molecule has 15 heavy (non-hydrogen) atoms. The average molecular weight is 222 g/mol. The fourth-order valence-electron chi connectivity index (χ4n) is 1.000. The van der Waals surface area contributed by atoms with Gasteiger partial charge in [-0.25, -0.2) is 9.18 Å². The van der Waals surface area contributed by atoms with Crippen LogP contribution < -0.4 is 11.1 Å². The van der Waals surface area contributed by atoms with Crippen LogP contribution in [-0.4, -0.2) is 6.03 Å². The first-order chi connectivity index (χ1) is 6.80. The Morgan fingerprint density at radius 1 is 1.33 bits per heavy atom. The largest absolute Gasteiger partial charge is 0.418 e. The van der Waals surface area contributed by atoms with Gasteiger partial charge in [-0.1, -0.05) is 0 Å². The van der Waals surface area contributed by atoms with E-state index in [2.05, 4.69) is 5.73 Å². The molecule has 0 aliphatic heterocycles. The summed E-state index contributed by atoms with van der Waals surface area (Å²) in [5.41, 5.74) is 2.80. The maximum Gasteiger partial charge on any atom is 0.418 e. The Balaban J connectivity index is 3.20. The molecule has 0 aliphatic rings. The Morgan fingerprint density at radius 3 is 2.40 bits per heavy atom. The van der Waals surface area contributed by atoms with Crippen LogP contribution in [0.4, 0.5) is 28.0 Å². The van der Waals surface area contributed by atoms with Crippen molar-refractivity contribution in [3.8, 4) is 0 Å². The van der Waals surface area contributed by atoms with Crippen LogP contribution in [0.3, 0.4) is 0 Å². The van der Waals surface area contributed by atoms with Crippen LogP contribution in [0.25, 0.3) is 0 Å². The molecule has 0 heterocycles. The van der Waals surface area contributed by atoms with Gasteiger partial charge in [-0.05, 0) is 18.2 Å². The fourth-order valence-corrected chi connectivity index (χ4v) is 1.000. The van der Waals surface area contributed by atoms with Gasteiger partial charge >= 0.3 is 12.2 Å². The van der Waals surface area contributed by atoms with Gasteiger partial charge in [0.1, 0.15) is 5.82 Å². The van der Waals surface area contributed by atoms with E-state index in [4.69, 9.17) is 0 Å². The standard InChI is InChI=1S/C8H6F4N2O/c9-4-1-2-5(8(10,11)12)6(3-4)14-7(13)15/h1-3H,(H3,13,14,15). The first-order valence-corrected chi connectivity index (χ1v) is 3.74. The molecule has 0 bridgehead atoms. The van der Waals surface area contributed by atoms with E-state index in [0.29, 0.717) is 18.2 Å². The Kier molecular flexibility index (Phi) is 2.83. The molecule has 82 valence electrons. The molecule has 0 spiro atoms. The van der Waals surface area contributed by atoms with Gasteiger partial charge in [-0.2, -0.15) is 13.2 Å². The van der Waals surface area contributed by atoms with Gasteiger partial charge in [-0.15, -0.1) is 0 Å². The van der Waals surface area contributed by atoms with Crippen LogP contribution in [0, 0.1) is 5.82 Å². The monoisotopic (exact) mass is 222 g/mol. The van der Waals surface area contributed by atoms with E-state index in [1.165, 1.54) is 0 Å². The molecule has 0 aromatic heterocycles. The van der Waals surface area contributed by atoms with Gasteiger partial charge in [0.2, 0.25) is 0 Å². The van der Waals surface area contributed by atoms with Gasteiger partial charge in [0.25, 0.3) is 0 Å². The molecule has 2 amide bonds. The number of nitrogens with two attached hydrogens (primary N) is 1. The lowest BCUT2D eigenvalue weighted by Crippen LogP contribution is -2.22. The highest BCUT2D eigenvalue weighted by molar-refractivity contribution is 5.88. The average Bonchev–Trinajstić information content (AvgIpc) is 1.99. The first kappa shape index (κ1) is 11.3. The second kappa shape index (κ2) is 3.76. The van der Waals surface area contributed by atoms with Crippen molar-refractivity contribution < 1.29 is 22.4 Å². The third-order valence-electron chi connectivity index (χ3n) is 1.54. The molecule has 7 heteroatoms. The molecular formula is C8H6F4N2O. The number of urea groups is 1. The molecule has 3 N–H and O–H groups in total. The number of hydrogen-bond donors (Lipinski definition) is 2. The Hall–Kier alpha value is -1.79. The third-order valence-corrected chi connectivity index (χ3v) is 1.54. The zero-order valence-corrected chi connectivity index (χ0v) is 7.23. The van der Waals surface area contributed by atoms with Crippen molar-refractivity contribution >= 4 is 11.7 Å². The number of halogens is 4. The van der Waals surface area contributed by atoms with Gasteiger partial charge in [-0.3, -0.25) is 0 Å². The third kappa shape index (κ3) is 2.83. The SMILES string of the molecule is NC(=O)Nc1cc(F)ccc1C(F)(F)F. The minimum Gasteiger partial charge on any atom is -0.351 e. The van der Waals surface area contributed by atoms with Crippen molar-refractivity contribution in [3.05, 3.63) is 29.6 Å². The van der Waals surface area contributed by atoms with Crippen molar-refractivity contribution in [2.24, 2.45) is 5.73 Å². The number of hydrogen-bond acceptors (Lipinski definition) is 1. The quantitative estimate of drug-likeness (QED) is 0.704. The normalized spacial score (nSPS) is 11.2. The summed E-state index contributed by atoms with van der Waals surface area (Å²) in [5.74, 6) is -0.897. The van der Waals surface area contributed by atoms with Crippen molar-refractivity contribution in [1.82, 2.24) is 0 Å². The molecule has 0 radical (unpaired) electrons. The summed E-state index contributed by atoms with van der Waals surface area (Å²) >= 11 is 0. The number of alkyl halides is 3. The van der Waals surface area contributed by atoms with E-state index in [-0.39, 0.29) is 0 Å². The molecular weight excluding hydrogens is 216 g/mol. The molecule has 0 fully saturated rings. The number of benzene rings is 1. The van der Waals surface area contributed by atoms with Crippen LogP contribution >= 0.6 is 0 Å². The number of anilines is 1. The van der Waals surface area contributed by atoms with Crippen molar-refractivity contribution in [2.75, 3.05) is 5.32 Å². The maximum absolute atomic E-state index is 12.6. The van der Waals surface area contributed by atoms with Gasteiger partial charge in [0.15, 0.2) is 0 Å². The smallest absolute Gasteiger partial charge is 0.351 e. The van der Waals surface area contributed by atoms with Gasteiger partial charge < -0.3 is 11.1 Å². The second-order valence-corrected chi connectivity index (χ2v) is 2.68. The number of rotatable bonds is 1. The fraction of sp³-hybridized carbons (Fsp3) is 0.125. The Bertz CT molecular complexity index is 389. The summed E-state index contributed by atoms with van der Waals surface area (Å²) in [4.78, 5) is 10.4.